The van der Waals surface area contributed by atoms with Gasteiger partial charge in [-0.05, 0) is 49.2 Å². The van der Waals surface area contributed by atoms with Crippen LogP contribution in [0, 0.1) is 13.8 Å². The number of phenols is 1. The SMILES string of the molecule is Cc1cc(C)cc(OCC(=O)N/N=C/c2cc(Br)cc(Cl)c2O)c1. The third-order valence-electron chi connectivity index (χ3n) is 3.02. The van der Waals surface area contributed by atoms with E-state index >= 15 is 0 Å². The fourth-order valence-corrected chi connectivity index (χ4v) is 2.89. The summed E-state index contributed by atoms with van der Waals surface area (Å²) in [5, 5.41) is 13.8. The average Bonchev–Trinajstić information content (AvgIpc) is 2.49. The molecule has 0 radical (unpaired) electrons. The normalized spacial score (nSPS) is 10.8. The molecule has 5 nitrogen and oxygen atoms in total. The second-order valence-electron chi connectivity index (χ2n) is 5.23. The molecule has 0 heterocycles. The molecular formula is C17H16BrClN2O3. The summed E-state index contributed by atoms with van der Waals surface area (Å²) in [5.74, 6) is 0.110. The number of amides is 1. The minimum absolute atomic E-state index is 0.107. The number of phenolic OH excluding ortho intramolecular Hbond substituents is 1. The number of ether oxygens (including phenoxy) is 1. The van der Waals surface area contributed by atoms with Gasteiger partial charge in [0.25, 0.3) is 5.91 Å². The summed E-state index contributed by atoms with van der Waals surface area (Å²) in [6, 6.07) is 8.91. The van der Waals surface area contributed by atoms with Gasteiger partial charge < -0.3 is 9.84 Å². The lowest BCUT2D eigenvalue weighted by atomic mass is 10.1. The Balaban J connectivity index is 1.91. The van der Waals surface area contributed by atoms with Crippen LogP contribution in [0.1, 0.15) is 16.7 Å². The van der Waals surface area contributed by atoms with Gasteiger partial charge in [-0.2, -0.15) is 5.10 Å². The van der Waals surface area contributed by atoms with Gasteiger partial charge in [-0.15, -0.1) is 0 Å². The van der Waals surface area contributed by atoms with E-state index < -0.39 is 5.91 Å². The van der Waals surface area contributed by atoms with E-state index in [0.29, 0.717) is 15.8 Å². The van der Waals surface area contributed by atoms with Crippen molar-refractivity contribution in [1.29, 1.82) is 0 Å². The van der Waals surface area contributed by atoms with Crippen LogP contribution in [0.5, 0.6) is 11.5 Å². The van der Waals surface area contributed by atoms with Crippen molar-refractivity contribution >= 4 is 39.7 Å². The van der Waals surface area contributed by atoms with E-state index in [9.17, 15) is 9.90 Å². The maximum absolute atomic E-state index is 11.7. The molecule has 7 heteroatoms. The molecule has 0 aliphatic heterocycles. The highest BCUT2D eigenvalue weighted by Gasteiger charge is 2.06. The van der Waals surface area contributed by atoms with Gasteiger partial charge in [-0.1, -0.05) is 33.6 Å². The molecule has 2 rings (SSSR count). The van der Waals surface area contributed by atoms with Gasteiger partial charge in [-0.25, -0.2) is 5.43 Å². The number of carbonyl (C=O) groups is 1. The Labute approximate surface area is 153 Å². The highest BCUT2D eigenvalue weighted by atomic mass is 79.9. The molecule has 0 aliphatic rings. The van der Waals surface area contributed by atoms with Crippen molar-refractivity contribution in [3.8, 4) is 11.5 Å². The Hall–Kier alpha value is -2.05. The minimum atomic E-state index is -0.411. The fraction of sp³-hybridized carbons (Fsp3) is 0.176. The molecule has 0 spiro atoms. The number of hydrogen-bond acceptors (Lipinski definition) is 4. The summed E-state index contributed by atoms with van der Waals surface area (Å²) in [6.07, 6.45) is 1.31. The van der Waals surface area contributed by atoms with Crippen molar-refractivity contribution in [3.05, 3.63) is 56.5 Å². The summed E-state index contributed by atoms with van der Waals surface area (Å²) in [5.41, 5.74) is 4.83. The summed E-state index contributed by atoms with van der Waals surface area (Å²) in [4.78, 5) is 11.7. The van der Waals surface area contributed by atoms with E-state index in [1.165, 1.54) is 6.21 Å². The van der Waals surface area contributed by atoms with Gasteiger partial charge >= 0.3 is 0 Å². The van der Waals surface area contributed by atoms with E-state index in [0.717, 1.165) is 11.1 Å². The van der Waals surface area contributed by atoms with E-state index in [1.807, 2.05) is 32.0 Å². The first kappa shape index (κ1) is 18.3. The van der Waals surface area contributed by atoms with Crippen molar-refractivity contribution in [3.63, 3.8) is 0 Å². The lowest BCUT2D eigenvalue weighted by Crippen LogP contribution is -2.24. The maximum Gasteiger partial charge on any atom is 0.277 e. The van der Waals surface area contributed by atoms with E-state index in [4.69, 9.17) is 16.3 Å². The Bertz CT molecular complexity index is 773. The van der Waals surface area contributed by atoms with Gasteiger partial charge in [0.05, 0.1) is 11.2 Å². The number of hydrazone groups is 1. The smallest absolute Gasteiger partial charge is 0.277 e. The molecule has 0 saturated heterocycles. The monoisotopic (exact) mass is 410 g/mol. The number of rotatable bonds is 5. The average molecular weight is 412 g/mol. The van der Waals surface area contributed by atoms with Crippen molar-refractivity contribution in [2.75, 3.05) is 6.61 Å². The summed E-state index contributed by atoms with van der Waals surface area (Å²) in [7, 11) is 0. The van der Waals surface area contributed by atoms with Gasteiger partial charge in [0.2, 0.25) is 0 Å². The van der Waals surface area contributed by atoms with Gasteiger partial charge in [-0.3, -0.25) is 4.79 Å². The number of benzene rings is 2. The van der Waals surface area contributed by atoms with Crippen LogP contribution >= 0.6 is 27.5 Å². The number of nitrogens with zero attached hydrogens (tertiary/aromatic N) is 1. The summed E-state index contributed by atoms with van der Waals surface area (Å²) in [6.45, 7) is 3.76. The highest BCUT2D eigenvalue weighted by Crippen LogP contribution is 2.30. The molecule has 126 valence electrons. The van der Waals surface area contributed by atoms with Crippen molar-refractivity contribution in [2.24, 2.45) is 5.10 Å². The number of aryl methyl sites for hydroxylation is 2. The molecule has 2 aromatic rings. The lowest BCUT2D eigenvalue weighted by Gasteiger charge is -2.07. The van der Waals surface area contributed by atoms with Crippen LogP contribution in [0.15, 0.2) is 39.9 Å². The quantitative estimate of drug-likeness (QED) is 0.578. The summed E-state index contributed by atoms with van der Waals surface area (Å²) < 4.78 is 6.12. The molecule has 0 aliphatic carbocycles. The molecule has 0 fully saturated rings. The first-order valence-corrected chi connectivity index (χ1v) is 8.23. The zero-order chi connectivity index (χ0) is 17.7. The molecule has 2 N–H and O–H groups in total. The van der Waals surface area contributed by atoms with Crippen LogP contribution in [-0.4, -0.2) is 23.8 Å². The molecule has 0 saturated carbocycles. The molecule has 0 aromatic heterocycles. The molecule has 0 unspecified atom stereocenters. The van der Waals surface area contributed by atoms with E-state index in [2.05, 4.69) is 26.5 Å². The summed E-state index contributed by atoms with van der Waals surface area (Å²) >= 11 is 9.12. The van der Waals surface area contributed by atoms with Crippen LogP contribution in [0.25, 0.3) is 0 Å². The van der Waals surface area contributed by atoms with Crippen LogP contribution < -0.4 is 10.2 Å². The van der Waals surface area contributed by atoms with E-state index in [-0.39, 0.29) is 17.4 Å². The standard InChI is InChI=1S/C17H16BrClN2O3/c1-10-3-11(2)5-14(4-10)24-9-16(22)21-20-8-12-6-13(18)7-15(19)17(12)23/h3-8,23H,9H2,1-2H3,(H,21,22)/b20-8+. The Morgan fingerprint density at radius 3 is 2.62 bits per heavy atom. The van der Waals surface area contributed by atoms with Gasteiger partial charge in [0.15, 0.2) is 6.61 Å². The van der Waals surface area contributed by atoms with Crippen LogP contribution in [0.2, 0.25) is 5.02 Å². The Kier molecular flexibility index (Phi) is 6.23. The molecule has 24 heavy (non-hydrogen) atoms. The van der Waals surface area contributed by atoms with Crippen LogP contribution in [0.4, 0.5) is 0 Å². The second-order valence-corrected chi connectivity index (χ2v) is 6.55. The van der Waals surface area contributed by atoms with Gasteiger partial charge in [0.1, 0.15) is 11.5 Å². The zero-order valence-electron chi connectivity index (χ0n) is 13.1. The molecule has 0 bridgehead atoms. The minimum Gasteiger partial charge on any atom is -0.506 e. The fourth-order valence-electron chi connectivity index (χ4n) is 2.06. The predicted molar refractivity (Wildman–Crippen MR) is 98.0 cm³/mol. The first-order chi connectivity index (χ1) is 11.3. The molecule has 1 amide bonds. The first-order valence-electron chi connectivity index (χ1n) is 7.06. The highest BCUT2D eigenvalue weighted by molar-refractivity contribution is 9.10. The lowest BCUT2D eigenvalue weighted by molar-refractivity contribution is -0.123. The Morgan fingerprint density at radius 2 is 1.96 bits per heavy atom. The number of hydrogen-bond donors (Lipinski definition) is 2. The van der Waals surface area contributed by atoms with Gasteiger partial charge in [0, 0.05) is 10.0 Å². The third kappa shape index (κ3) is 5.25. The molecular weight excluding hydrogens is 396 g/mol. The van der Waals surface area contributed by atoms with Crippen molar-refractivity contribution in [1.82, 2.24) is 5.43 Å². The second kappa shape index (κ2) is 8.17. The number of nitrogens with one attached hydrogen (secondary N) is 1. The number of halogens is 2. The van der Waals surface area contributed by atoms with Crippen LogP contribution in [0.3, 0.4) is 0 Å². The molecule has 0 atom stereocenters. The molecule has 2 aromatic carbocycles. The largest absolute Gasteiger partial charge is 0.506 e. The van der Waals surface area contributed by atoms with Crippen molar-refractivity contribution in [2.45, 2.75) is 13.8 Å². The Morgan fingerprint density at radius 1 is 1.29 bits per heavy atom. The third-order valence-corrected chi connectivity index (χ3v) is 3.76. The predicted octanol–water partition coefficient (Wildman–Crippen LogP) is 3.95. The maximum atomic E-state index is 11.7. The van der Waals surface area contributed by atoms with Crippen molar-refractivity contribution < 1.29 is 14.6 Å². The van der Waals surface area contributed by atoms with Crippen LogP contribution in [-0.2, 0) is 4.79 Å². The number of aromatic hydroxyl groups is 1. The topological polar surface area (TPSA) is 70.9 Å². The number of carbonyl (C=O) groups excluding carboxylic acids is 1. The zero-order valence-corrected chi connectivity index (χ0v) is 15.5. The van der Waals surface area contributed by atoms with E-state index in [1.54, 1.807) is 12.1 Å².